The number of methoxy groups -OCH3 is 1. The van der Waals surface area contributed by atoms with Gasteiger partial charge in [-0.05, 0) is 32.0 Å². The van der Waals surface area contributed by atoms with E-state index in [1.54, 1.807) is 23.1 Å². The fourth-order valence-electron chi connectivity index (χ4n) is 3.87. The van der Waals surface area contributed by atoms with Crippen LogP contribution in [-0.2, 0) is 7.05 Å². The molecule has 6 nitrogen and oxygen atoms in total. The van der Waals surface area contributed by atoms with Gasteiger partial charge in [-0.1, -0.05) is 11.3 Å². The molecular weight excluding hydrogens is 365 g/mol. The second kappa shape index (κ2) is 6.31. The summed E-state index contributed by atoms with van der Waals surface area (Å²) in [6, 6.07) is 1.93. The summed E-state index contributed by atoms with van der Waals surface area (Å²) in [6.07, 6.45) is 8.17. The summed E-state index contributed by atoms with van der Waals surface area (Å²) in [4.78, 5) is 6.68. The molecule has 0 atom stereocenters. The van der Waals surface area contributed by atoms with E-state index in [0.29, 0.717) is 11.4 Å². The molecule has 0 radical (unpaired) electrons. The van der Waals surface area contributed by atoms with Crippen LogP contribution in [0.3, 0.4) is 0 Å². The van der Waals surface area contributed by atoms with Crippen LogP contribution in [0, 0.1) is 5.82 Å². The Labute approximate surface area is 159 Å². The summed E-state index contributed by atoms with van der Waals surface area (Å²) in [5, 5.41) is 8.34. The van der Waals surface area contributed by atoms with Gasteiger partial charge in [0.2, 0.25) is 0 Å². The quantitative estimate of drug-likeness (QED) is 0.586. The molecule has 0 spiro atoms. The smallest absolute Gasteiger partial charge is 0.194 e. The van der Waals surface area contributed by atoms with Crippen LogP contribution in [0.25, 0.3) is 26.3 Å². The average molecular weight is 385 g/mol. The van der Waals surface area contributed by atoms with Crippen molar-refractivity contribution in [2.45, 2.75) is 18.8 Å². The normalized spacial score (nSPS) is 15.8. The van der Waals surface area contributed by atoms with Crippen LogP contribution in [0.1, 0.15) is 24.5 Å². The lowest BCUT2D eigenvalue weighted by molar-refractivity contribution is 0.390. The van der Waals surface area contributed by atoms with Gasteiger partial charge >= 0.3 is 0 Å². The standard InChI is InChI=1S/C19H20FN5OS/c1-24-8-12-7-13(18(26-2)16(20)17(12)23-24)15-10-25-9-14(22-19(25)27-15)11-3-5-21-6-4-11/h7-11,21H,3-6H2,1-2H3. The minimum atomic E-state index is -0.424. The number of piperidine rings is 1. The largest absolute Gasteiger partial charge is 0.493 e. The van der Waals surface area contributed by atoms with Gasteiger partial charge in [-0.3, -0.25) is 9.08 Å². The number of hydrogen-bond acceptors (Lipinski definition) is 5. The highest BCUT2D eigenvalue weighted by Gasteiger charge is 2.22. The molecule has 1 saturated heterocycles. The third kappa shape index (κ3) is 2.71. The molecule has 4 aromatic rings. The minimum absolute atomic E-state index is 0.226. The first-order chi connectivity index (χ1) is 13.1. The Morgan fingerprint density at radius 1 is 1.26 bits per heavy atom. The first kappa shape index (κ1) is 16.7. The number of aromatic nitrogens is 4. The Bertz CT molecular complexity index is 1110. The lowest BCUT2D eigenvalue weighted by Gasteiger charge is -2.20. The highest BCUT2D eigenvalue weighted by atomic mass is 32.1. The zero-order valence-electron chi connectivity index (χ0n) is 15.2. The summed E-state index contributed by atoms with van der Waals surface area (Å²) < 4.78 is 23.9. The molecule has 1 aliphatic rings. The molecule has 1 fully saturated rings. The molecule has 0 unspecified atom stereocenters. The summed E-state index contributed by atoms with van der Waals surface area (Å²) in [7, 11) is 3.28. The van der Waals surface area contributed by atoms with Crippen molar-refractivity contribution in [3.8, 4) is 16.2 Å². The van der Waals surface area contributed by atoms with E-state index in [-0.39, 0.29) is 5.75 Å². The summed E-state index contributed by atoms with van der Waals surface area (Å²) in [5.74, 6) is 0.317. The fraction of sp³-hybridized carbons (Fsp3) is 0.368. The Morgan fingerprint density at radius 2 is 2.07 bits per heavy atom. The number of nitrogens with zero attached hydrogens (tertiary/aromatic N) is 4. The number of nitrogens with one attached hydrogen (secondary N) is 1. The number of hydrogen-bond donors (Lipinski definition) is 1. The predicted molar refractivity (Wildman–Crippen MR) is 104 cm³/mol. The first-order valence-electron chi connectivity index (χ1n) is 9.03. The van der Waals surface area contributed by atoms with Crippen molar-refractivity contribution in [3.05, 3.63) is 36.2 Å². The number of aryl methyl sites for hydroxylation is 1. The molecule has 5 rings (SSSR count). The third-order valence-electron chi connectivity index (χ3n) is 5.21. The molecular formula is C19H20FN5OS. The molecule has 0 bridgehead atoms. The Hall–Kier alpha value is -2.45. The lowest BCUT2D eigenvalue weighted by Crippen LogP contribution is -2.26. The van der Waals surface area contributed by atoms with E-state index in [4.69, 9.17) is 9.72 Å². The van der Waals surface area contributed by atoms with Gasteiger partial charge in [0.15, 0.2) is 16.5 Å². The SMILES string of the molecule is COc1c(-c2cn3cc(C4CCNCC4)nc3s2)cc2cn(C)nc2c1F. The molecule has 1 aromatic carbocycles. The topological polar surface area (TPSA) is 56.4 Å². The van der Waals surface area contributed by atoms with Gasteiger partial charge in [0, 0.05) is 42.5 Å². The molecule has 0 amide bonds. The van der Waals surface area contributed by atoms with Crippen molar-refractivity contribution >= 4 is 27.2 Å². The highest BCUT2D eigenvalue weighted by molar-refractivity contribution is 7.20. The van der Waals surface area contributed by atoms with E-state index in [9.17, 15) is 4.39 Å². The zero-order chi connectivity index (χ0) is 18.5. The van der Waals surface area contributed by atoms with Gasteiger partial charge in [0.25, 0.3) is 0 Å². The van der Waals surface area contributed by atoms with E-state index < -0.39 is 5.82 Å². The summed E-state index contributed by atoms with van der Waals surface area (Å²) in [5.41, 5.74) is 2.21. The van der Waals surface area contributed by atoms with Crippen molar-refractivity contribution in [1.29, 1.82) is 0 Å². The van der Waals surface area contributed by atoms with Crippen molar-refractivity contribution < 1.29 is 9.13 Å². The molecule has 1 N–H and O–H groups in total. The van der Waals surface area contributed by atoms with E-state index in [0.717, 1.165) is 52.4 Å². The van der Waals surface area contributed by atoms with Gasteiger partial charge in [-0.2, -0.15) is 5.10 Å². The van der Waals surface area contributed by atoms with E-state index in [1.165, 1.54) is 7.11 Å². The van der Waals surface area contributed by atoms with Crippen molar-refractivity contribution in [2.75, 3.05) is 20.2 Å². The van der Waals surface area contributed by atoms with Gasteiger partial charge in [0.1, 0.15) is 5.52 Å². The summed E-state index contributed by atoms with van der Waals surface area (Å²) >= 11 is 1.55. The maximum absolute atomic E-state index is 14.9. The van der Waals surface area contributed by atoms with Crippen molar-refractivity contribution in [3.63, 3.8) is 0 Å². The molecule has 0 saturated carbocycles. The number of imidazole rings is 1. The molecule has 140 valence electrons. The molecule has 0 aliphatic carbocycles. The average Bonchev–Trinajstić information content (AvgIpc) is 3.34. The fourth-order valence-corrected chi connectivity index (χ4v) is 4.85. The second-order valence-corrected chi connectivity index (χ2v) is 8.00. The Kier molecular flexibility index (Phi) is 3.91. The molecule has 4 heterocycles. The maximum Gasteiger partial charge on any atom is 0.194 e. The summed E-state index contributed by atoms with van der Waals surface area (Å²) in [6.45, 7) is 2.09. The van der Waals surface area contributed by atoms with Crippen LogP contribution in [0.5, 0.6) is 5.75 Å². The number of rotatable bonds is 3. The molecule has 3 aromatic heterocycles. The monoisotopic (exact) mass is 385 g/mol. The van der Waals surface area contributed by atoms with Crippen LogP contribution in [-0.4, -0.2) is 39.4 Å². The van der Waals surface area contributed by atoms with Crippen LogP contribution in [0.2, 0.25) is 0 Å². The van der Waals surface area contributed by atoms with Crippen molar-refractivity contribution in [1.82, 2.24) is 24.5 Å². The minimum Gasteiger partial charge on any atom is -0.493 e. The number of halogens is 1. The van der Waals surface area contributed by atoms with Crippen LogP contribution in [0.4, 0.5) is 4.39 Å². The van der Waals surface area contributed by atoms with Crippen LogP contribution < -0.4 is 10.1 Å². The molecule has 8 heteroatoms. The van der Waals surface area contributed by atoms with E-state index >= 15 is 0 Å². The Balaban J connectivity index is 1.59. The predicted octanol–water partition coefficient (Wildman–Crippen LogP) is 3.56. The first-order valence-corrected chi connectivity index (χ1v) is 9.85. The molecule has 27 heavy (non-hydrogen) atoms. The maximum atomic E-state index is 14.9. The highest BCUT2D eigenvalue weighted by Crippen LogP contribution is 2.40. The van der Waals surface area contributed by atoms with Gasteiger partial charge in [-0.25, -0.2) is 9.37 Å². The lowest BCUT2D eigenvalue weighted by atomic mass is 9.95. The van der Waals surface area contributed by atoms with Crippen LogP contribution in [0.15, 0.2) is 24.7 Å². The van der Waals surface area contributed by atoms with E-state index in [2.05, 4.69) is 16.6 Å². The van der Waals surface area contributed by atoms with Gasteiger partial charge in [-0.15, -0.1) is 0 Å². The van der Waals surface area contributed by atoms with Gasteiger partial charge < -0.3 is 10.1 Å². The Morgan fingerprint density at radius 3 is 2.81 bits per heavy atom. The van der Waals surface area contributed by atoms with E-state index in [1.807, 2.05) is 22.9 Å². The number of ether oxygens (including phenoxy) is 1. The van der Waals surface area contributed by atoms with Gasteiger partial charge in [0.05, 0.1) is 17.7 Å². The zero-order valence-corrected chi connectivity index (χ0v) is 16.0. The third-order valence-corrected chi connectivity index (χ3v) is 6.24. The van der Waals surface area contributed by atoms with Crippen molar-refractivity contribution in [2.24, 2.45) is 7.05 Å². The molecule has 1 aliphatic heterocycles. The second-order valence-electron chi connectivity index (χ2n) is 6.99. The number of fused-ring (bicyclic) bond motifs is 2. The number of thiazole rings is 1. The number of benzene rings is 1. The van der Waals surface area contributed by atoms with Crippen LogP contribution >= 0.6 is 11.3 Å².